The lowest BCUT2D eigenvalue weighted by atomic mass is 10.0. The Labute approximate surface area is 257 Å². The second-order valence-electron chi connectivity index (χ2n) is 11.1. The number of amides is 1. The highest BCUT2D eigenvalue weighted by Crippen LogP contribution is 2.27. The van der Waals surface area contributed by atoms with E-state index in [0.29, 0.717) is 13.1 Å². The molecule has 0 aliphatic heterocycles. The Hall–Kier alpha value is -5.27. The van der Waals surface area contributed by atoms with Gasteiger partial charge in [0.25, 0.3) is 0 Å². The van der Waals surface area contributed by atoms with Crippen LogP contribution in [0, 0.1) is 5.41 Å². The molecule has 0 spiro atoms. The predicted octanol–water partition coefficient (Wildman–Crippen LogP) is 6.12. The maximum atomic E-state index is 13.8. The van der Waals surface area contributed by atoms with Gasteiger partial charge in [0.2, 0.25) is 5.91 Å². The number of nitrogens with two attached hydrogens (primary N) is 1. The summed E-state index contributed by atoms with van der Waals surface area (Å²) in [6, 6.07) is 38.6. The summed E-state index contributed by atoms with van der Waals surface area (Å²) in [7, 11) is 2.04. The number of aromatic nitrogens is 2. The minimum Gasteiger partial charge on any atom is -0.384 e. The molecule has 0 aliphatic rings. The molecule has 0 saturated heterocycles. The van der Waals surface area contributed by atoms with Crippen molar-refractivity contribution in [3.8, 4) is 0 Å². The summed E-state index contributed by atoms with van der Waals surface area (Å²) >= 11 is 0. The Balaban J connectivity index is 1.26. The number of rotatable bonds is 11. The van der Waals surface area contributed by atoms with Gasteiger partial charge in [-0.25, -0.2) is 4.98 Å². The topological polar surface area (TPSA) is 100 Å². The molecule has 6 rings (SSSR count). The van der Waals surface area contributed by atoms with Crippen LogP contribution in [0.2, 0.25) is 0 Å². The van der Waals surface area contributed by atoms with Crippen LogP contribution in [0.1, 0.15) is 28.1 Å². The summed E-state index contributed by atoms with van der Waals surface area (Å²) in [6.45, 7) is 1.29. The zero-order valence-corrected chi connectivity index (χ0v) is 24.8. The fourth-order valence-corrected chi connectivity index (χ4v) is 5.67. The smallest absolute Gasteiger partial charge is 0.241 e. The molecule has 7 heteroatoms. The van der Waals surface area contributed by atoms with Gasteiger partial charge >= 0.3 is 0 Å². The highest BCUT2D eigenvalue weighted by molar-refractivity contribution is 5.97. The van der Waals surface area contributed by atoms with E-state index < -0.39 is 0 Å². The van der Waals surface area contributed by atoms with E-state index in [2.05, 4.69) is 58.4 Å². The molecular weight excluding hydrogens is 544 g/mol. The lowest BCUT2D eigenvalue weighted by molar-refractivity contribution is -0.117. The first-order chi connectivity index (χ1) is 21.5. The van der Waals surface area contributed by atoms with E-state index in [1.807, 2.05) is 78.7 Å². The van der Waals surface area contributed by atoms with Crippen LogP contribution in [0.4, 0.5) is 5.69 Å². The quantitative estimate of drug-likeness (QED) is 0.127. The van der Waals surface area contributed by atoms with Gasteiger partial charge in [0.1, 0.15) is 11.7 Å². The van der Waals surface area contributed by atoms with Crippen molar-refractivity contribution < 1.29 is 4.79 Å². The van der Waals surface area contributed by atoms with Gasteiger partial charge in [-0.15, -0.1) is 0 Å². The van der Waals surface area contributed by atoms with E-state index in [4.69, 9.17) is 16.1 Å². The van der Waals surface area contributed by atoms with Crippen LogP contribution in [0.5, 0.6) is 0 Å². The standard InChI is InChI=1S/C37H36N6O/c1-42-34-20-19-31(22-33(34)41-35(42)21-16-26-14-17-29(18-15-26)37(38)39)43(36(44)24-40-23-27-8-3-2-4-9-27)25-30-12-7-11-28-10-5-6-13-32(28)30/h2-15,17-20,22,40H,16,21,23-25H2,1H3,(H3,38,39). The Morgan fingerprint density at radius 2 is 1.61 bits per heavy atom. The summed E-state index contributed by atoms with van der Waals surface area (Å²) in [5.74, 6) is 1.05. The third-order valence-corrected chi connectivity index (χ3v) is 8.13. The number of anilines is 1. The normalized spacial score (nSPS) is 11.2. The van der Waals surface area contributed by atoms with E-state index in [0.717, 1.165) is 68.4 Å². The first kappa shape index (κ1) is 28.8. The molecule has 6 aromatic rings. The van der Waals surface area contributed by atoms with E-state index in [9.17, 15) is 4.79 Å². The molecule has 4 N–H and O–H groups in total. The Kier molecular flexibility index (Phi) is 8.48. The first-order valence-corrected chi connectivity index (χ1v) is 14.9. The summed E-state index contributed by atoms with van der Waals surface area (Å²) in [6.07, 6.45) is 1.59. The fraction of sp³-hybridized carbons (Fsp3) is 0.162. The molecule has 5 aromatic carbocycles. The summed E-state index contributed by atoms with van der Waals surface area (Å²) in [5.41, 5.74) is 12.4. The van der Waals surface area contributed by atoms with Gasteiger partial charge in [0.05, 0.1) is 24.1 Å². The van der Waals surface area contributed by atoms with Gasteiger partial charge in [-0.2, -0.15) is 0 Å². The number of hydrogen-bond acceptors (Lipinski definition) is 4. The largest absolute Gasteiger partial charge is 0.384 e. The molecule has 0 saturated carbocycles. The highest BCUT2D eigenvalue weighted by Gasteiger charge is 2.19. The Morgan fingerprint density at radius 3 is 2.41 bits per heavy atom. The number of carbonyl (C=O) groups is 1. The zero-order chi connectivity index (χ0) is 30.5. The Bertz CT molecular complexity index is 1920. The van der Waals surface area contributed by atoms with Gasteiger partial charge in [-0.3, -0.25) is 10.2 Å². The minimum absolute atomic E-state index is 0.00150. The first-order valence-electron chi connectivity index (χ1n) is 14.9. The Morgan fingerprint density at radius 1 is 0.864 bits per heavy atom. The number of nitrogens with one attached hydrogen (secondary N) is 2. The lowest BCUT2D eigenvalue weighted by Gasteiger charge is -2.24. The number of hydrogen-bond donors (Lipinski definition) is 3. The average Bonchev–Trinajstić information content (AvgIpc) is 3.37. The highest BCUT2D eigenvalue weighted by atomic mass is 16.2. The van der Waals surface area contributed by atoms with Crippen molar-refractivity contribution >= 4 is 39.2 Å². The van der Waals surface area contributed by atoms with Crippen molar-refractivity contribution in [1.29, 1.82) is 5.41 Å². The summed E-state index contributed by atoms with van der Waals surface area (Å²) in [4.78, 5) is 20.7. The van der Waals surface area contributed by atoms with Crippen LogP contribution in [0.15, 0.2) is 115 Å². The molecule has 220 valence electrons. The maximum absolute atomic E-state index is 13.8. The zero-order valence-electron chi connectivity index (χ0n) is 24.8. The molecule has 1 amide bonds. The van der Waals surface area contributed by atoms with Crippen LogP contribution < -0.4 is 16.0 Å². The van der Waals surface area contributed by atoms with Crippen molar-refractivity contribution in [2.45, 2.75) is 25.9 Å². The number of carbonyl (C=O) groups excluding carboxylic acids is 1. The second kappa shape index (κ2) is 12.9. The summed E-state index contributed by atoms with van der Waals surface area (Å²) < 4.78 is 2.13. The molecule has 44 heavy (non-hydrogen) atoms. The molecule has 7 nitrogen and oxygen atoms in total. The number of fused-ring (bicyclic) bond motifs is 2. The SMILES string of the molecule is Cn1c(CCc2ccc(C(=N)N)cc2)nc2cc(N(Cc3cccc4ccccc34)C(=O)CNCc3ccccc3)ccc21. The van der Waals surface area contributed by atoms with Crippen LogP contribution >= 0.6 is 0 Å². The number of amidine groups is 1. The fourth-order valence-electron chi connectivity index (χ4n) is 5.67. The van der Waals surface area contributed by atoms with Crippen molar-refractivity contribution in [2.24, 2.45) is 12.8 Å². The van der Waals surface area contributed by atoms with Crippen molar-refractivity contribution in [2.75, 3.05) is 11.4 Å². The molecule has 0 unspecified atom stereocenters. The van der Waals surface area contributed by atoms with Crippen molar-refractivity contribution in [3.05, 3.63) is 143 Å². The van der Waals surface area contributed by atoms with E-state index in [1.54, 1.807) is 0 Å². The second-order valence-corrected chi connectivity index (χ2v) is 11.1. The van der Waals surface area contributed by atoms with Crippen LogP contribution in [-0.2, 0) is 37.8 Å². The van der Waals surface area contributed by atoms with Gasteiger partial charge in [0, 0.05) is 31.3 Å². The number of nitrogens with zero attached hydrogens (tertiary/aromatic N) is 3. The van der Waals surface area contributed by atoms with E-state index in [-0.39, 0.29) is 18.3 Å². The molecule has 1 heterocycles. The molecule has 1 aromatic heterocycles. The van der Waals surface area contributed by atoms with Crippen molar-refractivity contribution in [1.82, 2.24) is 14.9 Å². The average molecular weight is 581 g/mol. The molecular formula is C37H36N6O. The number of nitrogen functional groups attached to an aromatic ring is 1. The predicted molar refractivity (Wildman–Crippen MR) is 179 cm³/mol. The third-order valence-electron chi connectivity index (χ3n) is 8.13. The summed E-state index contributed by atoms with van der Waals surface area (Å²) in [5, 5.41) is 13.2. The molecule has 0 aliphatic carbocycles. The van der Waals surface area contributed by atoms with Gasteiger partial charge < -0.3 is 20.5 Å². The van der Waals surface area contributed by atoms with Crippen LogP contribution in [-0.4, -0.2) is 27.8 Å². The third kappa shape index (κ3) is 6.38. The van der Waals surface area contributed by atoms with Crippen molar-refractivity contribution in [3.63, 3.8) is 0 Å². The number of benzene rings is 5. The molecule has 0 atom stereocenters. The van der Waals surface area contributed by atoms with E-state index >= 15 is 0 Å². The molecule has 0 fully saturated rings. The van der Waals surface area contributed by atoms with Gasteiger partial charge in [-0.1, -0.05) is 97.1 Å². The van der Waals surface area contributed by atoms with E-state index in [1.165, 1.54) is 0 Å². The van der Waals surface area contributed by atoms with Crippen LogP contribution in [0.3, 0.4) is 0 Å². The van der Waals surface area contributed by atoms with Gasteiger partial charge in [0.15, 0.2) is 0 Å². The van der Waals surface area contributed by atoms with Gasteiger partial charge in [-0.05, 0) is 52.1 Å². The number of aryl methyl sites for hydroxylation is 3. The minimum atomic E-state index is -0.00150. The molecule has 0 bridgehead atoms. The lowest BCUT2D eigenvalue weighted by Crippen LogP contribution is -2.37. The molecule has 0 radical (unpaired) electrons. The maximum Gasteiger partial charge on any atom is 0.241 e. The van der Waals surface area contributed by atoms with Crippen LogP contribution in [0.25, 0.3) is 21.8 Å². The monoisotopic (exact) mass is 580 g/mol. The number of imidazole rings is 1.